The molecule has 3 aliphatic rings. The molecule has 5 heterocycles. The number of likely N-dealkylation sites (N-methyl/N-ethyl adjacent to an activating group) is 1. The molecule has 13 heteroatoms. The van der Waals surface area contributed by atoms with E-state index in [1.54, 1.807) is 22.0 Å². The van der Waals surface area contributed by atoms with Gasteiger partial charge in [-0.2, -0.15) is 5.10 Å². The number of halogens is 1. The summed E-state index contributed by atoms with van der Waals surface area (Å²) in [6, 6.07) is 8.57. The highest BCUT2D eigenvalue weighted by Crippen LogP contribution is 2.60. The Kier molecular flexibility index (Phi) is 8.23. The van der Waals surface area contributed by atoms with Crippen LogP contribution in [0, 0.1) is 12.3 Å². The Morgan fingerprint density at radius 1 is 1.11 bits per heavy atom. The van der Waals surface area contributed by atoms with Crippen molar-refractivity contribution in [1.29, 1.82) is 0 Å². The third-order valence-electron chi connectivity index (χ3n) is 9.32. The van der Waals surface area contributed by atoms with Gasteiger partial charge in [0, 0.05) is 60.4 Å². The first kappa shape index (κ1) is 31.3. The standard InChI is InChI=1S/C34H35BrN8O4/c1-20(44)31-25-12-22(24-15-36-21(2)37-16-24)6-8-26(25)42(40-31)17-30(45)43-27-13-34(14-28(34)43)19-41(3)10-4-5-11-47-18-23-7-9-29(35)38-32(23)39-33(27)46/h4-9,12,15-16,27-28H,10-11,13-14,17-19H2,1-3H3,(H,38,39,46)/b5-4-/t27-,28+,34-/m0/s1. The summed E-state index contributed by atoms with van der Waals surface area (Å²) in [7, 11) is 2.06. The van der Waals surface area contributed by atoms with Crippen LogP contribution in [0.4, 0.5) is 5.82 Å². The molecule has 4 aromatic rings. The molecule has 0 radical (unpaired) electrons. The second-order valence-electron chi connectivity index (χ2n) is 12.7. The fourth-order valence-electron chi connectivity index (χ4n) is 6.98. The predicted molar refractivity (Wildman–Crippen MR) is 178 cm³/mol. The van der Waals surface area contributed by atoms with E-state index in [4.69, 9.17) is 4.74 Å². The van der Waals surface area contributed by atoms with Crippen LogP contribution in [0.1, 0.15) is 41.6 Å². The van der Waals surface area contributed by atoms with E-state index in [9.17, 15) is 14.4 Å². The van der Waals surface area contributed by atoms with E-state index in [0.29, 0.717) is 40.2 Å². The van der Waals surface area contributed by atoms with E-state index in [1.165, 1.54) is 6.92 Å². The predicted octanol–water partition coefficient (Wildman–Crippen LogP) is 4.18. The maximum Gasteiger partial charge on any atom is 0.248 e. The van der Waals surface area contributed by atoms with Gasteiger partial charge in [0.1, 0.15) is 34.5 Å². The first-order chi connectivity index (χ1) is 22.6. The number of amides is 2. The van der Waals surface area contributed by atoms with Crippen molar-refractivity contribution < 1.29 is 19.1 Å². The Balaban J connectivity index is 1.21. The highest BCUT2D eigenvalue weighted by atomic mass is 79.9. The number of carbonyl (C=O) groups excluding carboxylic acids is 3. The largest absolute Gasteiger partial charge is 0.373 e. The summed E-state index contributed by atoms with van der Waals surface area (Å²) in [6.07, 6.45) is 8.93. The summed E-state index contributed by atoms with van der Waals surface area (Å²) in [5, 5.41) is 8.26. The number of likely N-dealkylation sites (tertiary alicyclic amines) is 1. The molecule has 242 valence electrons. The van der Waals surface area contributed by atoms with Crippen LogP contribution in [-0.4, -0.2) is 91.0 Å². The number of hydrogen-bond donors (Lipinski definition) is 1. The molecule has 3 aromatic heterocycles. The summed E-state index contributed by atoms with van der Waals surface area (Å²) in [5.74, 6) is 0.358. The molecule has 2 aliphatic heterocycles. The fraction of sp³-hybridized carbons (Fsp3) is 0.382. The molecule has 3 atom stereocenters. The van der Waals surface area contributed by atoms with Crippen LogP contribution in [0.25, 0.3) is 22.0 Å². The lowest BCUT2D eigenvalue weighted by Gasteiger charge is -2.27. The summed E-state index contributed by atoms with van der Waals surface area (Å²) in [5.41, 5.74) is 3.15. The SMILES string of the molecule is CC(=O)c1nn(CC(=O)N2[C@H]3C[C@]4(C[C@@H]24)CN(C)C/C=C\COCc2ccc(Br)nc2NC3=O)c2ccc(-c3cnc(C)nc3)cc12. The molecule has 1 saturated heterocycles. The number of rotatable bonds is 4. The van der Waals surface area contributed by atoms with Crippen LogP contribution in [-0.2, 0) is 27.5 Å². The topological polar surface area (TPSA) is 135 Å². The smallest absolute Gasteiger partial charge is 0.248 e. The first-order valence-corrected chi connectivity index (χ1v) is 16.4. The van der Waals surface area contributed by atoms with Gasteiger partial charge in [-0.3, -0.25) is 19.1 Å². The lowest BCUT2D eigenvalue weighted by molar-refractivity contribution is -0.138. The highest BCUT2D eigenvalue weighted by molar-refractivity contribution is 9.10. The zero-order valence-corrected chi connectivity index (χ0v) is 28.0. The van der Waals surface area contributed by atoms with Gasteiger partial charge < -0.3 is 19.9 Å². The Morgan fingerprint density at radius 3 is 2.70 bits per heavy atom. The third kappa shape index (κ3) is 6.10. The second-order valence-corrected chi connectivity index (χ2v) is 13.5. The molecule has 1 spiro atoms. The number of aryl methyl sites for hydroxylation is 1. The number of ether oxygens (including phenoxy) is 1. The van der Waals surface area contributed by atoms with Crippen molar-refractivity contribution in [3.63, 3.8) is 0 Å². The van der Waals surface area contributed by atoms with Crippen molar-refractivity contribution in [2.24, 2.45) is 5.41 Å². The number of fused-ring (bicyclic) bond motifs is 3. The Bertz CT molecular complexity index is 1930. The van der Waals surface area contributed by atoms with Crippen molar-refractivity contribution in [2.45, 2.75) is 51.9 Å². The van der Waals surface area contributed by atoms with E-state index in [2.05, 4.69) is 59.3 Å². The van der Waals surface area contributed by atoms with Crippen LogP contribution in [0.5, 0.6) is 0 Å². The van der Waals surface area contributed by atoms with E-state index < -0.39 is 6.04 Å². The molecule has 1 aliphatic carbocycles. The molecular weight excluding hydrogens is 664 g/mol. The number of nitrogens with one attached hydrogen (secondary N) is 1. The Labute approximate surface area is 280 Å². The van der Waals surface area contributed by atoms with Gasteiger partial charge in [0.15, 0.2) is 5.78 Å². The molecular formula is C34H35BrN8O4. The van der Waals surface area contributed by atoms with Crippen molar-refractivity contribution >= 4 is 50.2 Å². The van der Waals surface area contributed by atoms with Crippen LogP contribution in [0.2, 0.25) is 0 Å². The molecule has 7 rings (SSSR count). The minimum Gasteiger partial charge on any atom is -0.373 e. The average molecular weight is 700 g/mol. The normalized spacial score (nSPS) is 23.7. The van der Waals surface area contributed by atoms with Gasteiger partial charge in [-0.05, 0) is 66.5 Å². The number of benzene rings is 1. The van der Waals surface area contributed by atoms with E-state index in [-0.39, 0.29) is 47.9 Å². The zero-order chi connectivity index (χ0) is 32.9. The molecule has 47 heavy (non-hydrogen) atoms. The molecule has 2 bridgehead atoms. The number of ketones is 1. The van der Waals surface area contributed by atoms with Crippen LogP contribution in [0.15, 0.2) is 59.5 Å². The van der Waals surface area contributed by atoms with Crippen molar-refractivity contribution in [3.8, 4) is 11.1 Å². The first-order valence-electron chi connectivity index (χ1n) is 15.6. The molecule has 1 saturated carbocycles. The Hall–Kier alpha value is -4.33. The summed E-state index contributed by atoms with van der Waals surface area (Å²) in [6.45, 7) is 5.39. The summed E-state index contributed by atoms with van der Waals surface area (Å²) < 4.78 is 8.00. The zero-order valence-electron chi connectivity index (χ0n) is 26.4. The fourth-order valence-corrected chi connectivity index (χ4v) is 7.29. The number of aromatic nitrogens is 5. The van der Waals surface area contributed by atoms with Crippen LogP contribution >= 0.6 is 15.9 Å². The lowest BCUT2D eigenvalue weighted by Crippen LogP contribution is -2.47. The van der Waals surface area contributed by atoms with Gasteiger partial charge >= 0.3 is 0 Å². The summed E-state index contributed by atoms with van der Waals surface area (Å²) >= 11 is 3.41. The molecule has 12 nitrogen and oxygen atoms in total. The van der Waals surface area contributed by atoms with E-state index >= 15 is 0 Å². The minimum absolute atomic E-state index is 0.0781. The van der Waals surface area contributed by atoms with Gasteiger partial charge in [-0.25, -0.2) is 15.0 Å². The summed E-state index contributed by atoms with van der Waals surface area (Å²) in [4.78, 5) is 58.0. The number of pyridine rings is 1. The van der Waals surface area contributed by atoms with Gasteiger partial charge in [-0.15, -0.1) is 0 Å². The molecule has 1 N–H and O–H groups in total. The van der Waals surface area contributed by atoms with E-state index in [1.807, 2.05) is 43.3 Å². The van der Waals surface area contributed by atoms with Gasteiger partial charge in [-0.1, -0.05) is 24.3 Å². The molecule has 1 aromatic carbocycles. The number of hydrogen-bond acceptors (Lipinski definition) is 9. The van der Waals surface area contributed by atoms with Crippen molar-refractivity contribution in [3.05, 3.63) is 76.6 Å². The molecule has 2 fully saturated rings. The van der Waals surface area contributed by atoms with Gasteiger partial charge in [0.2, 0.25) is 11.8 Å². The van der Waals surface area contributed by atoms with Crippen molar-refractivity contribution in [2.75, 3.05) is 32.1 Å². The third-order valence-corrected chi connectivity index (χ3v) is 9.76. The number of piperidine rings is 1. The molecule has 2 amide bonds. The number of carbonyl (C=O) groups is 3. The highest BCUT2D eigenvalue weighted by Gasteiger charge is 2.67. The molecule has 0 unspecified atom stereocenters. The quantitative estimate of drug-likeness (QED) is 0.189. The average Bonchev–Trinajstić information content (AvgIpc) is 3.44. The maximum atomic E-state index is 14.3. The van der Waals surface area contributed by atoms with Gasteiger partial charge in [0.05, 0.1) is 18.7 Å². The monoisotopic (exact) mass is 698 g/mol. The van der Waals surface area contributed by atoms with Crippen LogP contribution in [0.3, 0.4) is 0 Å². The number of anilines is 1. The van der Waals surface area contributed by atoms with Crippen LogP contribution < -0.4 is 5.32 Å². The van der Waals surface area contributed by atoms with E-state index in [0.717, 1.165) is 36.2 Å². The van der Waals surface area contributed by atoms with Crippen molar-refractivity contribution in [1.82, 2.24) is 34.5 Å². The minimum atomic E-state index is -0.688. The Morgan fingerprint density at radius 2 is 1.91 bits per heavy atom. The number of nitrogens with zero attached hydrogens (tertiary/aromatic N) is 7. The number of Topliss-reactive ketones (excluding diaryl/α,β-unsaturated/α-hetero) is 1. The maximum absolute atomic E-state index is 14.3. The van der Waals surface area contributed by atoms with Gasteiger partial charge in [0.25, 0.3) is 0 Å². The lowest BCUT2D eigenvalue weighted by atomic mass is 9.98. The second kappa shape index (κ2) is 12.4.